The number of hydrogen-bond acceptors (Lipinski definition) is 5. The molecule has 0 bridgehead atoms. The average molecular weight is 600 g/mol. The summed E-state index contributed by atoms with van der Waals surface area (Å²) in [5.41, 5.74) is 4.26. The van der Waals surface area contributed by atoms with Gasteiger partial charge in [-0.1, -0.05) is 82.2 Å². The summed E-state index contributed by atoms with van der Waals surface area (Å²) in [6.07, 6.45) is 5.61. The molecule has 1 atom stereocenters. The van der Waals surface area contributed by atoms with E-state index in [9.17, 15) is 18.0 Å². The SMILES string of the molecule is CCCCCCCOc1ccc(-c2ccc(-c3ccc(C(=O)OCCCCCCCOC(C)C(F)(F)F)cc3)nc2)cc1. The molecule has 1 aromatic heterocycles. The van der Waals surface area contributed by atoms with Gasteiger partial charge in [0.2, 0.25) is 0 Å². The summed E-state index contributed by atoms with van der Waals surface area (Å²) in [5, 5.41) is 0. The second kappa shape index (κ2) is 18.3. The molecule has 0 fully saturated rings. The molecule has 0 aliphatic heterocycles. The third-order valence-corrected chi connectivity index (χ3v) is 7.23. The number of esters is 1. The van der Waals surface area contributed by atoms with E-state index in [1.165, 1.54) is 25.7 Å². The first-order valence-electron chi connectivity index (χ1n) is 15.4. The van der Waals surface area contributed by atoms with E-state index in [-0.39, 0.29) is 12.6 Å². The Morgan fingerprint density at radius 3 is 1.93 bits per heavy atom. The third kappa shape index (κ3) is 12.4. The molecule has 0 N–H and O–H groups in total. The smallest absolute Gasteiger partial charge is 0.414 e. The molecular weight excluding hydrogens is 555 g/mol. The fraction of sp³-hybridized carbons (Fsp3) is 0.486. The van der Waals surface area contributed by atoms with Gasteiger partial charge in [0.05, 0.1) is 24.5 Å². The second-order valence-electron chi connectivity index (χ2n) is 10.8. The van der Waals surface area contributed by atoms with E-state index >= 15 is 0 Å². The zero-order chi connectivity index (χ0) is 30.9. The van der Waals surface area contributed by atoms with E-state index in [2.05, 4.69) is 11.9 Å². The van der Waals surface area contributed by atoms with Crippen LogP contribution in [0.25, 0.3) is 22.4 Å². The van der Waals surface area contributed by atoms with E-state index in [0.717, 1.165) is 67.3 Å². The first kappa shape index (κ1) is 34.1. The number of ether oxygens (including phenoxy) is 3. The van der Waals surface area contributed by atoms with E-state index in [1.54, 1.807) is 12.1 Å². The number of carbonyl (C=O) groups excluding carboxylic acids is 1. The lowest BCUT2D eigenvalue weighted by Gasteiger charge is -2.16. The Hall–Kier alpha value is -3.39. The molecule has 3 rings (SSSR count). The van der Waals surface area contributed by atoms with Crippen LogP contribution in [0.3, 0.4) is 0 Å². The summed E-state index contributed by atoms with van der Waals surface area (Å²) in [6, 6.07) is 19.3. The van der Waals surface area contributed by atoms with Crippen molar-refractivity contribution in [3.05, 3.63) is 72.4 Å². The number of hydrogen-bond donors (Lipinski definition) is 0. The van der Waals surface area contributed by atoms with Crippen molar-refractivity contribution in [2.75, 3.05) is 19.8 Å². The Kier molecular flexibility index (Phi) is 14.5. The molecule has 3 aromatic rings. The summed E-state index contributed by atoms with van der Waals surface area (Å²) in [6.45, 7) is 4.37. The van der Waals surface area contributed by atoms with Crippen molar-refractivity contribution in [3.63, 3.8) is 0 Å². The van der Waals surface area contributed by atoms with Gasteiger partial charge in [-0.05, 0) is 62.1 Å². The molecule has 0 saturated heterocycles. The van der Waals surface area contributed by atoms with Gasteiger partial charge < -0.3 is 14.2 Å². The molecule has 0 aliphatic carbocycles. The highest BCUT2D eigenvalue weighted by Crippen LogP contribution is 2.25. The Bertz CT molecular complexity index is 1200. The number of pyridine rings is 1. The molecule has 0 saturated carbocycles. The molecule has 0 aliphatic rings. The zero-order valence-corrected chi connectivity index (χ0v) is 25.3. The number of benzene rings is 2. The molecule has 2 aromatic carbocycles. The minimum atomic E-state index is -4.32. The van der Waals surface area contributed by atoms with Crippen LogP contribution in [-0.4, -0.2) is 43.1 Å². The van der Waals surface area contributed by atoms with Crippen LogP contribution in [0.4, 0.5) is 13.2 Å². The van der Waals surface area contributed by atoms with Gasteiger partial charge >= 0.3 is 12.1 Å². The first-order valence-corrected chi connectivity index (χ1v) is 15.4. The van der Waals surface area contributed by atoms with Gasteiger partial charge in [0.1, 0.15) is 5.75 Å². The Morgan fingerprint density at radius 1 is 0.721 bits per heavy atom. The van der Waals surface area contributed by atoms with E-state index < -0.39 is 12.3 Å². The van der Waals surface area contributed by atoms with Gasteiger partial charge in [-0.2, -0.15) is 13.2 Å². The fourth-order valence-corrected chi connectivity index (χ4v) is 4.49. The lowest BCUT2D eigenvalue weighted by Crippen LogP contribution is -2.28. The van der Waals surface area contributed by atoms with Gasteiger partial charge in [-0.25, -0.2) is 4.79 Å². The maximum atomic E-state index is 12.4. The number of halogens is 3. The number of carbonyl (C=O) groups is 1. The maximum absolute atomic E-state index is 12.4. The highest BCUT2D eigenvalue weighted by Gasteiger charge is 2.36. The van der Waals surface area contributed by atoms with Crippen LogP contribution in [-0.2, 0) is 9.47 Å². The number of aromatic nitrogens is 1. The van der Waals surface area contributed by atoms with Crippen molar-refractivity contribution in [2.24, 2.45) is 0 Å². The maximum Gasteiger partial charge on any atom is 0.414 e. The van der Waals surface area contributed by atoms with Gasteiger partial charge in [0.15, 0.2) is 6.10 Å². The van der Waals surface area contributed by atoms with E-state index in [4.69, 9.17) is 14.2 Å². The molecule has 234 valence electrons. The standard InChI is InChI=1S/C35H44F3NO4/c1-3-4-5-7-11-24-42-32-20-17-28(18-21-32)31-19-22-33(39-26-31)29-13-15-30(16-14-29)34(40)43-25-12-9-6-8-10-23-41-27(2)35(36,37)38/h13-22,26-27H,3-12,23-25H2,1-2H3. The van der Waals surface area contributed by atoms with Gasteiger partial charge in [-0.15, -0.1) is 0 Å². The van der Waals surface area contributed by atoms with Crippen molar-refractivity contribution in [3.8, 4) is 28.1 Å². The van der Waals surface area contributed by atoms with Crippen LogP contribution in [0.2, 0.25) is 0 Å². The van der Waals surface area contributed by atoms with Crippen LogP contribution in [0.15, 0.2) is 66.9 Å². The topological polar surface area (TPSA) is 57.7 Å². The lowest BCUT2D eigenvalue weighted by atomic mass is 10.0. The fourth-order valence-electron chi connectivity index (χ4n) is 4.49. The number of rotatable bonds is 19. The monoisotopic (exact) mass is 599 g/mol. The third-order valence-electron chi connectivity index (χ3n) is 7.23. The van der Waals surface area contributed by atoms with E-state index in [0.29, 0.717) is 25.0 Å². The van der Waals surface area contributed by atoms with Crippen molar-refractivity contribution in [1.29, 1.82) is 0 Å². The lowest BCUT2D eigenvalue weighted by molar-refractivity contribution is -0.214. The van der Waals surface area contributed by atoms with Crippen LogP contribution in [0.1, 0.15) is 88.4 Å². The highest BCUT2D eigenvalue weighted by molar-refractivity contribution is 5.90. The summed E-state index contributed by atoms with van der Waals surface area (Å²) < 4.78 is 53.2. The van der Waals surface area contributed by atoms with Crippen LogP contribution in [0.5, 0.6) is 5.75 Å². The van der Waals surface area contributed by atoms with Crippen molar-refractivity contribution in [1.82, 2.24) is 4.98 Å². The number of alkyl halides is 3. The number of nitrogens with zero attached hydrogens (tertiary/aromatic N) is 1. The van der Waals surface area contributed by atoms with Crippen LogP contribution >= 0.6 is 0 Å². The van der Waals surface area contributed by atoms with Gasteiger partial charge in [0.25, 0.3) is 0 Å². The summed E-state index contributed by atoms with van der Waals surface area (Å²) in [4.78, 5) is 17.0. The predicted octanol–water partition coefficient (Wildman–Crippen LogP) is 9.84. The molecule has 0 amide bonds. The molecule has 1 heterocycles. The highest BCUT2D eigenvalue weighted by atomic mass is 19.4. The average Bonchev–Trinajstić information content (AvgIpc) is 3.01. The van der Waals surface area contributed by atoms with Crippen LogP contribution in [0, 0.1) is 0 Å². The largest absolute Gasteiger partial charge is 0.494 e. The van der Waals surface area contributed by atoms with E-state index in [1.807, 2.05) is 54.7 Å². The van der Waals surface area contributed by atoms with Crippen molar-refractivity contribution in [2.45, 2.75) is 90.3 Å². The van der Waals surface area contributed by atoms with Crippen molar-refractivity contribution >= 4 is 5.97 Å². The summed E-state index contributed by atoms with van der Waals surface area (Å²) in [7, 11) is 0. The molecule has 5 nitrogen and oxygen atoms in total. The molecule has 1 unspecified atom stereocenters. The van der Waals surface area contributed by atoms with Crippen molar-refractivity contribution < 1.29 is 32.2 Å². The zero-order valence-electron chi connectivity index (χ0n) is 25.3. The molecule has 0 radical (unpaired) electrons. The summed E-state index contributed by atoms with van der Waals surface area (Å²) >= 11 is 0. The Balaban J connectivity index is 1.35. The minimum Gasteiger partial charge on any atom is -0.494 e. The normalized spacial score (nSPS) is 12.2. The number of unbranched alkanes of at least 4 members (excludes halogenated alkanes) is 8. The second-order valence-corrected chi connectivity index (χ2v) is 10.8. The first-order chi connectivity index (χ1) is 20.8. The molecule has 0 spiro atoms. The summed E-state index contributed by atoms with van der Waals surface area (Å²) in [5.74, 6) is 0.498. The molecular formula is C35H44F3NO4. The van der Waals surface area contributed by atoms with Gasteiger partial charge in [0, 0.05) is 23.9 Å². The molecule has 8 heteroatoms. The minimum absolute atomic E-state index is 0.0916. The Labute approximate surface area is 253 Å². The predicted molar refractivity (Wildman–Crippen MR) is 164 cm³/mol. The van der Waals surface area contributed by atoms with Gasteiger partial charge in [-0.3, -0.25) is 4.98 Å². The van der Waals surface area contributed by atoms with Crippen LogP contribution < -0.4 is 4.74 Å². The Morgan fingerprint density at radius 2 is 1.30 bits per heavy atom. The quantitative estimate of drug-likeness (QED) is 0.101. The molecule has 43 heavy (non-hydrogen) atoms.